The Labute approximate surface area is 126 Å². The molecule has 0 aromatic carbocycles. The minimum absolute atomic E-state index is 0.213. The summed E-state index contributed by atoms with van der Waals surface area (Å²) in [5, 5.41) is 12.3. The fraction of sp³-hybridized carbons (Fsp3) is 0.867. The number of carboxylic acids is 1. The van der Waals surface area contributed by atoms with Gasteiger partial charge in [-0.2, -0.15) is 0 Å². The van der Waals surface area contributed by atoms with Crippen LogP contribution in [0.4, 0.5) is 4.79 Å². The van der Waals surface area contributed by atoms with Crippen molar-refractivity contribution in [3.8, 4) is 0 Å². The van der Waals surface area contributed by atoms with Gasteiger partial charge < -0.3 is 15.3 Å². The van der Waals surface area contributed by atoms with Gasteiger partial charge >= 0.3 is 12.0 Å². The van der Waals surface area contributed by atoms with E-state index in [2.05, 4.69) is 17.1 Å². The summed E-state index contributed by atoms with van der Waals surface area (Å²) < 4.78 is 0. The maximum absolute atomic E-state index is 12.4. The predicted molar refractivity (Wildman–Crippen MR) is 80.3 cm³/mol. The van der Waals surface area contributed by atoms with Gasteiger partial charge in [0.15, 0.2) is 0 Å². The van der Waals surface area contributed by atoms with E-state index in [1.165, 1.54) is 0 Å². The maximum atomic E-state index is 12.4. The largest absolute Gasteiger partial charge is 0.480 e. The van der Waals surface area contributed by atoms with Crippen LogP contribution >= 0.6 is 0 Å². The molecule has 6 heteroatoms. The Morgan fingerprint density at radius 2 is 1.71 bits per heavy atom. The first kappa shape index (κ1) is 16.1. The highest BCUT2D eigenvalue weighted by Gasteiger charge is 2.42. The monoisotopic (exact) mass is 297 g/mol. The van der Waals surface area contributed by atoms with Crippen molar-refractivity contribution in [2.24, 2.45) is 0 Å². The number of carbonyl (C=O) groups excluding carboxylic acids is 1. The molecule has 1 aliphatic carbocycles. The van der Waals surface area contributed by atoms with Crippen LogP contribution in [0.2, 0.25) is 0 Å². The number of amides is 2. The molecule has 0 unspecified atom stereocenters. The molecule has 6 nitrogen and oxygen atoms in total. The quantitative estimate of drug-likeness (QED) is 0.825. The topological polar surface area (TPSA) is 72.9 Å². The first-order chi connectivity index (χ1) is 10.1. The molecule has 2 N–H and O–H groups in total. The molecule has 0 radical (unpaired) electrons. The zero-order chi connectivity index (χ0) is 15.3. The van der Waals surface area contributed by atoms with Crippen LogP contribution in [-0.4, -0.2) is 65.2 Å². The molecule has 0 bridgehead atoms. The summed E-state index contributed by atoms with van der Waals surface area (Å²) in [7, 11) is 0. The Morgan fingerprint density at radius 1 is 1.10 bits per heavy atom. The lowest BCUT2D eigenvalue weighted by atomic mass is 9.82. The lowest BCUT2D eigenvalue weighted by Crippen LogP contribution is -2.61. The van der Waals surface area contributed by atoms with Crippen molar-refractivity contribution >= 4 is 12.0 Å². The van der Waals surface area contributed by atoms with E-state index in [0.717, 1.165) is 45.3 Å². The number of aliphatic carboxylic acids is 1. The summed E-state index contributed by atoms with van der Waals surface area (Å²) in [5.74, 6) is -0.889. The van der Waals surface area contributed by atoms with E-state index in [1.807, 2.05) is 0 Å². The second-order valence-electron chi connectivity index (χ2n) is 6.21. The number of rotatable bonds is 4. The second kappa shape index (κ2) is 7.11. The Bertz CT molecular complexity index is 372. The van der Waals surface area contributed by atoms with E-state index in [1.54, 1.807) is 4.90 Å². The summed E-state index contributed by atoms with van der Waals surface area (Å²) in [6.07, 6.45) is 5.01. The third kappa shape index (κ3) is 3.87. The summed E-state index contributed by atoms with van der Waals surface area (Å²) in [6.45, 7) is 6.33. The van der Waals surface area contributed by atoms with Crippen molar-refractivity contribution in [3.63, 3.8) is 0 Å². The van der Waals surface area contributed by atoms with Gasteiger partial charge in [0.1, 0.15) is 5.54 Å². The van der Waals surface area contributed by atoms with Crippen LogP contribution in [0.1, 0.15) is 45.4 Å². The number of nitrogens with zero attached hydrogens (tertiary/aromatic N) is 2. The van der Waals surface area contributed by atoms with Gasteiger partial charge in [-0.25, -0.2) is 9.59 Å². The average Bonchev–Trinajstić information content (AvgIpc) is 2.49. The van der Waals surface area contributed by atoms with Crippen molar-refractivity contribution in [2.75, 3.05) is 32.7 Å². The van der Waals surface area contributed by atoms with Gasteiger partial charge in [-0.3, -0.25) is 4.90 Å². The van der Waals surface area contributed by atoms with Crippen LogP contribution in [0.25, 0.3) is 0 Å². The molecule has 21 heavy (non-hydrogen) atoms. The summed E-state index contributed by atoms with van der Waals surface area (Å²) in [4.78, 5) is 28.1. The van der Waals surface area contributed by atoms with E-state index in [4.69, 9.17) is 0 Å². The van der Waals surface area contributed by atoms with Crippen LogP contribution in [0.5, 0.6) is 0 Å². The third-order valence-corrected chi connectivity index (χ3v) is 4.66. The van der Waals surface area contributed by atoms with E-state index >= 15 is 0 Å². The highest BCUT2D eigenvalue weighted by Crippen LogP contribution is 2.28. The normalized spacial score (nSPS) is 22.8. The fourth-order valence-electron chi connectivity index (χ4n) is 3.32. The number of hydrogen-bond donors (Lipinski definition) is 2. The second-order valence-corrected chi connectivity index (χ2v) is 6.21. The minimum Gasteiger partial charge on any atom is -0.480 e. The Morgan fingerprint density at radius 3 is 2.24 bits per heavy atom. The molecule has 1 heterocycles. The highest BCUT2D eigenvalue weighted by molar-refractivity contribution is 5.86. The number of piperazine rings is 1. The van der Waals surface area contributed by atoms with Gasteiger partial charge in [-0.15, -0.1) is 0 Å². The molecule has 1 aliphatic heterocycles. The maximum Gasteiger partial charge on any atom is 0.329 e. The summed E-state index contributed by atoms with van der Waals surface area (Å²) in [5.41, 5.74) is -1.05. The average molecular weight is 297 g/mol. The van der Waals surface area contributed by atoms with E-state index in [0.29, 0.717) is 25.9 Å². The molecule has 2 amide bonds. The zero-order valence-electron chi connectivity index (χ0n) is 12.9. The molecule has 0 spiro atoms. The number of carbonyl (C=O) groups is 2. The van der Waals surface area contributed by atoms with Crippen LogP contribution in [0, 0.1) is 0 Å². The smallest absolute Gasteiger partial charge is 0.329 e. The van der Waals surface area contributed by atoms with Gasteiger partial charge in [-0.05, 0) is 25.8 Å². The van der Waals surface area contributed by atoms with Crippen molar-refractivity contribution in [1.82, 2.24) is 15.1 Å². The van der Waals surface area contributed by atoms with E-state index in [-0.39, 0.29) is 6.03 Å². The molecule has 1 saturated heterocycles. The fourth-order valence-corrected chi connectivity index (χ4v) is 3.32. The van der Waals surface area contributed by atoms with Gasteiger partial charge in [0.25, 0.3) is 0 Å². The Hall–Kier alpha value is -1.30. The number of hydrogen-bond acceptors (Lipinski definition) is 3. The molecule has 0 atom stereocenters. The molecule has 2 fully saturated rings. The van der Waals surface area contributed by atoms with Crippen LogP contribution < -0.4 is 5.32 Å². The predicted octanol–water partition coefficient (Wildman–Crippen LogP) is 1.51. The minimum atomic E-state index is -1.05. The molecule has 2 aliphatic rings. The molecular weight excluding hydrogens is 270 g/mol. The Balaban J connectivity index is 1.90. The standard InChI is InChI=1S/C15H27N3O3/c1-2-8-17-9-11-18(12-10-17)14(21)16-15(13(19)20)6-4-3-5-7-15/h2-12H2,1H3,(H,16,21)(H,19,20). The van der Waals surface area contributed by atoms with Gasteiger partial charge in [0.2, 0.25) is 0 Å². The first-order valence-electron chi connectivity index (χ1n) is 8.10. The lowest BCUT2D eigenvalue weighted by molar-refractivity contribution is -0.146. The first-order valence-corrected chi connectivity index (χ1v) is 8.10. The van der Waals surface area contributed by atoms with Gasteiger partial charge in [0, 0.05) is 26.2 Å². The van der Waals surface area contributed by atoms with Gasteiger partial charge in [0.05, 0.1) is 0 Å². The van der Waals surface area contributed by atoms with Crippen molar-refractivity contribution in [3.05, 3.63) is 0 Å². The summed E-state index contributed by atoms with van der Waals surface area (Å²) >= 11 is 0. The van der Waals surface area contributed by atoms with Crippen LogP contribution in [0.3, 0.4) is 0 Å². The zero-order valence-corrected chi connectivity index (χ0v) is 12.9. The Kier molecular flexibility index (Phi) is 5.45. The van der Waals surface area contributed by atoms with Crippen LogP contribution in [-0.2, 0) is 4.79 Å². The summed E-state index contributed by atoms with van der Waals surface area (Å²) in [6, 6.07) is -0.213. The van der Waals surface area contributed by atoms with Crippen molar-refractivity contribution in [2.45, 2.75) is 51.0 Å². The van der Waals surface area contributed by atoms with Gasteiger partial charge in [-0.1, -0.05) is 26.2 Å². The number of urea groups is 1. The molecule has 2 rings (SSSR count). The highest BCUT2D eigenvalue weighted by atomic mass is 16.4. The van der Waals surface area contributed by atoms with Crippen molar-refractivity contribution in [1.29, 1.82) is 0 Å². The molecule has 120 valence electrons. The molecular formula is C15H27N3O3. The molecule has 0 aromatic heterocycles. The van der Waals surface area contributed by atoms with E-state index < -0.39 is 11.5 Å². The van der Waals surface area contributed by atoms with Crippen molar-refractivity contribution < 1.29 is 14.7 Å². The SMILES string of the molecule is CCCN1CCN(C(=O)NC2(C(=O)O)CCCCC2)CC1. The lowest BCUT2D eigenvalue weighted by Gasteiger charge is -2.39. The third-order valence-electron chi connectivity index (χ3n) is 4.66. The number of carboxylic acid groups (broad SMARTS) is 1. The molecule has 1 saturated carbocycles. The number of nitrogens with one attached hydrogen (secondary N) is 1. The van der Waals surface area contributed by atoms with E-state index in [9.17, 15) is 14.7 Å². The van der Waals surface area contributed by atoms with Crippen LogP contribution in [0.15, 0.2) is 0 Å². The molecule has 0 aromatic rings.